The molecule has 2 aliphatic rings. The Morgan fingerprint density at radius 1 is 1.23 bits per heavy atom. The lowest BCUT2D eigenvalue weighted by atomic mass is 9.91. The molecular weight excluding hydrogens is 303 g/mol. The number of hydrogen-bond donors (Lipinski definition) is 1. The predicted molar refractivity (Wildman–Crippen MR) is 70.1 cm³/mol. The first kappa shape index (κ1) is 17.1. The summed E-state index contributed by atoms with van der Waals surface area (Å²) in [6, 6.07) is -1.07. The number of carboxylic acids is 1. The minimum atomic E-state index is -5.01. The average Bonchev–Trinajstić information content (AvgIpc) is 3.03. The van der Waals surface area contributed by atoms with E-state index in [9.17, 15) is 27.9 Å². The summed E-state index contributed by atoms with van der Waals surface area (Å²) in [6.07, 6.45) is -4.98. The molecule has 5 nitrogen and oxygen atoms in total. The third-order valence-corrected chi connectivity index (χ3v) is 4.13. The molecule has 8 heteroatoms. The minimum absolute atomic E-state index is 0.140. The van der Waals surface area contributed by atoms with Crippen molar-refractivity contribution >= 4 is 11.9 Å². The van der Waals surface area contributed by atoms with Gasteiger partial charge in [0, 0.05) is 6.54 Å². The number of ether oxygens (including phenoxy) is 1. The predicted octanol–water partition coefficient (Wildman–Crippen LogP) is 2.20. The number of rotatable bonds is 3. The molecule has 0 unspecified atom stereocenters. The van der Waals surface area contributed by atoms with Gasteiger partial charge >= 0.3 is 18.1 Å². The van der Waals surface area contributed by atoms with Gasteiger partial charge in [-0.05, 0) is 40.0 Å². The van der Waals surface area contributed by atoms with Gasteiger partial charge in [-0.1, -0.05) is 0 Å². The SMILES string of the molecule is CC(C)(C)O[C@H]1CCN(C(=O)C(F)(F)F)[C@@H]1C1(C(=O)O)CC1. The normalized spacial score (nSPS) is 27.8. The summed E-state index contributed by atoms with van der Waals surface area (Å²) in [5.74, 6) is -3.15. The quantitative estimate of drug-likeness (QED) is 0.865. The van der Waals surface area contributed by atoms with Crippen LogP contribution < -0.4 is 0 Å². The van der Waals surface area contributed by atoms with Crippen molar-refractivity contribution in [1.82, 2.24) is 4.90 Å². The highest BCUT2D eigenvalue weighted by Crippen LogP contribution is 2.55. The summed E-state index contributed by atoms with van der Waals surface area (Å²) in [7, 11) is 0. The molecule has 1 heterocycles. The fourth-order valence-electron chi connectivity index (χ4n) is 3.16. The van der Waals surface area contributed by atoms with Crippen LogP contribution in [0, 0.1) is 5.41 Å². The van der Waals surface area contributed by atoms with Crippen molar-refractivity contribution in [2.45, 2.75) is 64.0 Å². The van der Waals surface area contributed by atoms with E-state index >= 15 is 0 Å². The summed E-state index contributed by atoms with van der Waals surface area (Å²) in [5, 5.41) is 9.41. The first-order chi connectivity index (χ1) is 9.88. The van der Waals surface area contributed by atoms with Crippen molar-refractivity contribution in [3.63, 3.8) is 0 Å². The third-order valence-electron chi connectivity index (χ3n) is 4.13. The lowest BCUT2D eigenvalue weighted by Gasteiger charge is -2.36. The second-order valence-corrected chi connectivity index (χ2v) is 6.96. The maximum absolute atomic E-state index is 12.8. The second-order valence-electron chi connectivity index (χ2n) is 6.96. The van der Waals surface area contributed by atoms with Gasteiger partial charge in [0.05, 0.1) is 23.2 Å². The molecule has 2 rings (SSSR count). The van der Waals surface area contributed by atoms with Gasteiger partial charge in [0.15, 0.2) is 0 Å². The summed E-state index contributed by atoms with van der Waals surface area (Å²) >= 11 is 0. The molecule has 0 aromatic heterocycles. The maximum atomic E-state index is 12.8. The molecule has 2 fully saturated rings. The largest absolute Gasteiger partial charge is 0.481 e. The number of alkyl halides is 3. The number of halogens is 3. The van der Waals surface area contributed by atoms with E-state index in [4.69, 9.17) is 4.74 Å². The van der Waals surface area contributed by atoms with Crippen molar-refractivity contribution in [3.8, 4) is 0 Å². The Kier molecular flexibility index (Phi) is 3.96. The Hall–Kier alpha value is -1.31. The second kappa shape index (κ2) is 5.11. The zero-order valence-corrected chi connectivity index (χ0v) is 12.7. The molecule has 2 atom stereocenters. The Morgan fingerprint density at radius 2 is 1.77 bits per heavy atom. The Labute approximate surface area is 126 Å². The number of likely N-dealkylation sites (tertiary alicyclic amines) is 1. The monoisotopic (exact) mass is 323 g/mol. The third kappa shape index (κ3) is 3.06. The van der Waals surface area contributed by atoms with Gasteiger partial charge in [0.2, 0.25) is 0 Å². The van der Waals surface area contributed by atoms with E-state index in [1.807, 2.05) is 0 Å². The average molecular weight is 323 g/mol. The molecular formula is C14H20F3NO4. The van der Waals surface area contributed by atoms with Crippen LogP contribution >= 0.6 is 0 Å². The molecule has 126 valence electrons. The Bertz CT molecular complexity index is 479. The van der Waals surface area contributed by atoms with E-state index in [1.165, 1.54) is 0 Å². The minimum Gasteiger partial charge on any atom is -0.481 e. The van der Waals surface area contributed by atoms with E-state index in [1.54, 1.807) is 20.8 Å². The van der Waals surface area contributed by atoms with Crippen molar-refractivity contribution in [2.75, 3.05) is 6.54 Å². The van der Waals surface area contributed by atoms with Crippen LogP contribution in [0.1, 0.15) is 40.0 Å². The summed E-state index contributed by atoms with van der Waals surface area (Å²) < 4.78 is 44.1. The lowest BCUT2D eigenvalue weighted by molar-refractivity contribution is -0.191. The van der Waals surface area contributed by atoms with Crippen molar-refractivity contribution < 1.29 is 32.6 Å². The van der Waals surface area contributed by atoms with Gasteiger partial charge in [-0.3, -0.25) is 9.59 Å². The smallest absolute Gasteiger partial charge is 0.471 e. The molecule has 1 N–H and O–H groups in total. The van der Waals surface area contributed by atoms with Crippen LogP contribution in [0.25, 0.3) is 0 Å². The number of carboxylic acid groups (broad SMARTS) is 1. The highest BCUT2D eigenvalue weighted by molar-refractivity contribution is 5.85. The zero-order valence-electron chi connectivity index (χ0n) is 12.7. The van der Waals surface area contributed by atoms with Gasteiger partial charge in [-0.15, -0.1) is 0 Å². The Balaban J connectivity index is 2.32. The van der Waals surface area contributed by atoms with Crippen molar-refractivity contribution in [2.24, 2.45) is 5.41 Å². The van der Waals surface area contributed by atoms with Gasteiger partial charge in [-0.2, -0.15) is 13.2 Å². The number of carbonyl (C=O) groups is 2. The summed E-state index contributed by atoms with van der Waals surface area (Å²) in [4.78, 5) is 23.8. The maximum Gasteiger partial charge on any atom is 0.471 e. The summed E-state index contributed by atoms with van der Waals surface area (Å²) in [5.41, 5.74) is -1.94. The number of amides is 1. The number of hydrogen-bond acceptors (Lipinski definition) is 3. The van der Waals surface area contributed by atoms with Crippen LogP contribution in [0.2, 0.25) is 0 Å². The number of nitrogens with zero attached hydrogens (tertiary/aromatic N) is 1. The molecule has 0 aromatic rings. The van der Waals surface area contributed by atoms with Gasteiger partial charge < -0.3 is 14.7 Å². The molecule has 1 saturated heterocycles. The number of aliphatic carboxylic acids is 1. The fraction of sp³-hybridized carbons (Fsp3) is 0.857. The van der Waals surface area contributed by atoms with Crippen LogP contribution in [0.15, 0.2) is 0 Å². The zero-order chi connectivity index (χ0) is 16.9. The molecule has 1 saturated carbocycles. The molecule has 0 bridgehead atoms. The van der Waals surface area contributed by atoms with Crippen LogP contribution in [0.5, 0.6) is 0 Å². The van der Waals surface area contributed by atoms with Crippen molar-refractivity contribution in [3.05, 3.63) is 0 Å². The molecule has 0 radical (unpaired) electrons. The van der Waals surface area contributed by atoms with Crippen molar-refractivity contribution in [1.29, 1.82) is 0 Å². The van der Waals surface area contributed by atoms with E-state index < -0.39 is 41.2 Å². The van der Waals surface area contributed by atoms with E-state index in [2.05, 4.69) is 0 Å². The van der Waals surface area contributed by atoms with Crippen LogP contribution in [0.4, 0.5) is 13.2 Å². The standard InChI is InChI=1S/C14H20F3NO4/c1-12(2,3)22-8-4-7-18(10(19)14(15,16)17)9(8)13(5-6-13)11(20)21/h8-9H,4-7H2,1-3H3,(H,20,21)/t8-,9-/m0/s1. The number of carbonyl (C=O) groups excluding carboxylic acids is 1. The van der Waals surface area contributed by atoms with Gasteiger partial charge in [0.1, 0.15) is 0 Å². The summed E-state index contributed by atoms with van der Waals surface area (Å²) in [6.45, 7) is 5.11. The van der Waals surface area contributed by atoms with Crippen LogP contribution in [-0.4, -0.2) is 52.4 Å². The van der Waals surface area contributed by atoms with Crippen LogP contribution in [-0.2, 0) is 14.3 Å². The molecule has 1 amide bonds. The molecule has 1 aliphatic carbocycles. The van der Waals surface area contributed by atoms with Gasteiger partial charge in [-0.25, -0.2) is 0 Å². The molecule has 0 aromatic carbocycles. The topological polar surface area (TPSA) is 66.8 Å². The van der Waals surface area contributed by atoms with E-state index in [0.717, 1.165) is 0 Å². The van der Waals surface area contributed by atoms with E-state index in [-0.39, 0.29) is 25.8 Å². The molecule has 0 spiro atoms. The fourth-order valence-corrected chi connectivity index (χ4v) is 3.16. The first-order valence-electron chi connectivity index (χ1n) is 7.17. The van der Waals surface area contributed by atoms with Gasteiger partial charge in [0.25, 0.3) is 0 Å². The highest BCUT2D eigenvalue weighted by Gasteiger charge is 2.65. The Morgan fingerprint density at radius 3 is 2.14 bits per heavy atom. The van der Waals surface area contributed by atoms with Crippen LogP contribution in [0.3, 0.4) is 0 Å². The molecule has 1 aliphatic heterocycles. The molecule has 22 heavy (non-hydrogen) atoms. The first-order valence-corrected chi connectivity index (χ1v) is 7.17. The van der Waals surface area contributed by atoms with E-state index in [0.29, 0.717) is 4.90 Å². The highest BCUT2D eigenvalue weighted by atomic mass is 19.4. The lowest BCUT2D eigenvalue weighted by Crippen LogP contribution is -2.53.